The van der Waals surface area contributed by atoms with Crippen molar-refractivity contribution in [1.82, 2.24) is 9.78 Å². The molecule has 0 bridgehead atoms. The van der Waals surface area contributed by atoms with E-state index >= 15 is 0 Å². The number of ether oxygens (including phenoxy) is 1. The minimum atomic E-state index is 0.0895. The van der Waals surface area contributed by atoms with Crippen molar-refractivity contribution in [2.24, 2.45) is 11.7 Å². The van der Waals surface area contributed by atoms with Gasteiger partial charge in [0, 0.05) is 31.5 Å². The second-order valence-electron chi connectivity index (χ2n) is 5.51. The number of hydrogen-bond acceptors (Lipinski definition) is 3. The Bertz CT molecular complexity index is 447. The number of nitrogens with zero attached hydrogens (tertiary/aromatic N) is 2. The maximum atomic E-state index is 6.46. The van der Waals surface area contributed by atoms with Gasteiger partial charge in [0.05, 0.1) is 22.5 Å². The Hall–Kier alpha value is -0.580. The van der Waals surface area contributed by atoms with Crippen molar-refractivity contribution in [3.63, 3.8) is 0 Å². The first-order valence-corrected chi connectivity index (χ1v) is 8.11. The van der Waals surface area contributed by atoms with Crippen molar-refractivity contribution in [1.29, 1.82) is 0 Å². The lowest BCUT2D eigenvalue weighted by Gasteiger charge is -2.24. The number of aromatic nitrogens is 2. The highest BCUT2D eigenvalue weighted by Crippen LogP contribution is 2.29. The Labute approximate surface area is 126 Å². The van der Waals surface area contributed by atoms with E-state index < -0.39 is 0 Å². The number of hydrogen-bond donors (Lipinski definition) is 1. The molecule has 0 amide bonds. The van der Waals surface area contributed by atoms with Gasteiger partial charge in [-0.2, -0.15) is 5.10 Å². The monoisotopic (exact) mass is 299 g/mol. The summed E-state index contributed by atoms with van der Waals surface area (Å²) in [4.78, 5) is 0. The van der Waals surface area contributed by atoms with Crippen LogP contribution < -0.4 is 5.73 Å². The second kappa shape index (κ2) is 6.92. The van der Waals surface area contributed by atoms with Crippen LogP contribution in [0.25, 0.3) is 0 Å². The van der Waals surface area contributed by atoms with Crippen molar-refractivity contribution >= 4 is 11.6 Å². The van der Waals surface area contributed by atoms with E-state index in [9.17, 15) is 0 Å². The summed E-state index contributed by atoms with van der Waals surface area (Å²) in [5.74, 6) is 0.432. The lowest BCUT2D eigenvalue weighted by Crippen LogP contribution is -2.37. The number of halogens is 1. The fraction of sp³-hybridized carbons (Fsp3) is 0.800. The quantitative estimate of drug-likeness (QED) is 0.879. The van der Waals surface area contributed by atoms with Crippen LogP contribution in [0.1, 0.15) is 45.0 Å². The molecule has 1 aliphatic heterocycles. The van der Waals surface area contributed by atoms with Crippen molar-refractivity contribution in [3.8, 4) is 0 Å². The van der Waals surface area contributed by atoms with E-state index in [0.29, 0.717) is 12.0 Å². The summed E-state index contributed by atoms with van der Waals surface area (Å²) in [6.45, 7) is 7.99. The predicted octanol–water partition coefficient (Wildman–Crippen LogP) is 2.80. The standard InChI is InChI=1S/C15H26ClN3O/c1-4-12-15(16)13(19(6-3)18-12)9-11(17)10-7-8-20-14(10)5-2/h10-11,14H,4-9,17H2,1-3H3. The summed E-state index contributed by atoms with van der Waals surface area (Å²) in [7, 11) is 0. The first kappa shape index (κ1) is 15.8. The van der Waals surface area contributed by atoms with Crippen LogP contribution in [0.4, 0.5) is 0 Å². The predicted molar refractivity (Wildman–Crippen MR) is 82.1 cm³/mol. The van der Waals surface area contributed by atoms with Crippen molar-refractivity contribution in [2.75, 3.05) is 6.61 Å². The molecule has 0 spiro atoms. The Morgan fingerprint density at radius 1 is 1.45 bits per heavy atom. The Morgan fingerprint density at radius 3 is 2.80 bits per heavy atom. The summed E-state index contributed by atoms with van der Waals surface area (Å²) < 4.78 is 7.75. The zero-order valence-electron chi connectivity index (χ0n) is 12.7. The largest absolute Gasteiger partial charge is 0.378 e. The van der Waals surface area contributed by atoms with Crippen LogP contribution in [0.15, 0.2) is 0 Å². The normalized spacial score (nSPS) is 24.2. The molecule has 0 aliphatic carbocycles. The molecular weight excluding hydrogens is 274 g/mol. The van der Waals surface area contributed by atoms with Gasteiger partial charge in [-0.05, 0) is 26.2 Å². The highest BCUT2D eigenvalue weighted by Gasteiger charge is 2.32. The first-order chi connectivity index (χ1) is 9.62. The molecule has 0 saturated carbocycles. The summed E-state index contributed by atoms with van der Waals surface area (Å²) in [6.07, 6.45) is 4.02. The third-order valence-electron chi connectivity index (χ3n) is 4.34. The molecule has 2 heterocycles. The van der Waals surface area contributed by atoms with E-state index in [0.717, 1.165) is 55.2 Å². The van der Waals surface area contributed by atoms with E-state index in [4.69, 9.17) is 22.1 Å². The summed E-state index contributed by atoms with van der Waals surface area (Å²) in [5.41, 5.74) is 8.50. The van der Waals surface area contributed by atoms with Gasteiger partial charge in [0.25, 0.3) is 0 Å². The second-order valence-corrected chi connectivity index (χ2v) is 5.89. The molecule has 1 aromatic rings. The molecule has 2 N–H and O–H groups in total. The summed E-state index contributed by atoms with van der Waals surface area (Å²) >= 11 is 6.46. The molecule has 2 rings (SSSR count). The molecule has 1 saturated heterocycles. The van der Waals surface area contributed by atoms with Crippen LogP contribution in [-0.2, 0) is 24.1 Å². The molecule has 0 aromatic carbocycles. The van der Waals surface area contributed by atoms with Gasteiger partial charge in [0.2, 0.25) is 0 Å². The van der Waals surface area contributed by atoms with Crippen molar-refractivity contribution in [3.05, 3.63) is 16.4 Å². The highest BCUT2D eigenvalue weighted by molar-refractivity contribution is 6.31. The summed E-state index contributed by atoms with van der Waals surface area (Å²) in [6, 6.07) is 0.0895. The van der Waals surface area contributed by atoms with Gasteiger partial charge in [0.15, 0.2) is 0 Å². The molecule has 114 valence electrons. The average Bonchev–Trinajstić information content (AvgIpc) is 3.04. The Kier molecular flexibility index (Phi) is 5.47. The number of nitrogens with two attached hydrogens (primary N) is 1. The van der Waals surface area contributed by atoms with Crippen LogP contribution in [-0.4, -0.2) is 28.5 Å². The molecule has 1 fully saturated rings. The molecule has 3 atom stereocenters. The Balaban J connectivity index is 2.14. The van der Waals surface area contributed by atoms with Crippen molar-refractivity contribution < 1.29 is 4.74 Å². The smallest absolute Gasteiger partial charge is 0.0850 e. The SMILES string of the molecule is CCc1nn(CC)c(CC(N)C2CCOC2CC)c1Cl. The van der Waals surface area contributed by atoms with E-state index in [-0.39, 0.29) is 6.04 Å². The van der Waals surface area contributed by atoms with Crippen molar-refractivity contribution in [2.45, 2.75) is 65.1 Å². The van der Waals surface area contributed by atoms with Gasteiger partial charge >= 0.3 is 0 Å². The van der Waals surface area contributed by atoms with Crippen LogP contribution in [0.2, 0.25) is 5.02 Å². The van der Waals surface area contributed by atoms with Gasteiger partial charge in [-0.25, -0.2) is 0 Å². The molecular formula is C15H26ClN3O. The van der Waals surface area contributed by atoms with E-state index in [1.165, 1.54) is 0 Å². The highest BCUT2D eigenvalue weighted by atomic mass is 35.5. The van der Waals surface area contributed by atoms with Gasteiger partial charge in [-0.3, -0.25) is 4.68 Å². The van der Waals surface area contributed by atoms with Gasteiger partial charge in [-0.15, -0.1) is 0 Å². The third kappa shape index (κ3) is 3.02. The molecule has 3 unspecified atom stereocenters. The molecule has 1 aliphatic rings. The first-order valence-electron chi connectivity index (χ1n) is 7.73. The third-order valence-corrected chi connectivity index (χ3v) is 4.77. The molecule has 1 aromatic heterocycles. The maximum absolute atomic E-state index is 6.46. The fourth-order valence-corrected chi connectivity index (χ4v) is 3.51. The van der Waals surface area contributed by atoms with E-state index in [2.05, 4.69) is 25.9 Å². The fourth-order valence-electron chi connectivity index (χ4n) is 3.16. The molecule has 20 heavy (non-hydrogen) atoms. The molecule has 5 heteroatoms. The zero-order chi connectivity index (χ0) is 14.7. The van der Waals surface area contributed by atoms with Gasteiger partial charge in [0.1, 0.15) is 0 Å². The minimum absolute atomic E-state index is 0.0895. The summed E-state index contributed by atoms with van der Waals surface area (Å²) in [5, 5.41) is 5.37. The van der Waals surface area contributed by atoms with E-state index in [1.54, 1.807) is 0 Å². The zero-order valence-corrected chi connectivity index (χ0v) is 13.5. The van der Waals surface area contributed by atoms with Crippen LogP contribution >= 0.6 is 11.6 Å². The maximum Gasteiger partial charge on any atom is 0.0850 e. The minimum Gasteiger partial charge on any atom is -0.378 e. The van der Waals surface area contributed by atoms with Crippen LogP contribution in [0.5, 0.6) is 0 Å². The van der Waals surface area contributed by atoms with Gasteiger partial charge < -0.3 is 10.5 Å². The molecule has 4 nitrogen and oxygen atoms in total. The lowest BCUT2D eigenvalue weighted by molar-refractivity contribution is 0.0812. The topological polar surface area (TPSA) is 53.1 Å². The number of rotatable bonds is 6. The van der Waals surface area contributed by atoms with E-state index in [1.807, 2.05) is 4.68 Å². The number of aryl methyl sites for hydroxylation is 2. The lowest BCUT2D eigenvalue weighted by atomic mass is 9.89. The van der Waals surface area contributed by atoms with Crippen LogP contribution in [0, 0.1) is 5.92 Å². The van der Waals surface area contributed by atoms with Crippen LogP contribution in [0.3, 0.4) is 0 Å². The average molecular weight is 300 g/mol. The van der Waals surface area contributed by atoms with Gasteiger partial charge in [-0.1, -0.05) is 25.4 Å². The Morgan fingerprint density at radius 2 is 2.20 bits per heavy atom. The molecule has 0 radical (unpaired) electrons.